The first kappa shape index (κ1) is 15.7. The van der Waals surface area contributed by atoms with E-state index in [9.17, 15) is 0 Å². The number of hydrogen-bond acceptors (Lipinski definition) is 5. The quantitative estimate of drug-likeness (QED) is 0.887. The number of nitrogens with zero attached hydrogens (tertiary/aromatic N) is 2. The number of nitrogens with one attached hydrogen (secondary N) is 2. The van der Waals surface area contributed by atoms with E-state index < -0.39 is 0 Å². The molecule has 2 N–H and O–H groups in total. The highest BCUT2D eigenvalue weighted by Crippen LogP contribution is 2.20. The van der Waals surface area contributed by atoms with Gasteiger partial charge in [0, 0.05) is 18.5 Å². The summed E-state index contributed by atoms with van der Waals surface area (Å²) in [6.07, 6.45) is 3.58. The maximum absolute atomic E-state index is 5.92. The molecule has 5 nitrogen and oxygen atoms in total. The minimum absolute atomic E-state index is 0.171. The summed E-state index contributed by atoms with van der Waals surface area (Å²) < 4.78 is 5.92. The van der Waals surface area contributed by atoms with Crippen molar-refractivity contribution in [3.63, 3.8) is 0 Å². The van der Waals surface area contributed by atoms with Gasteiger partial charge in [-0.2, -0.15) is 0 Å². The van der Waals surface area contributed by atoms with Gasteiger partial charge in [0.05, 0.1) is 11.7 Å². The third-order valence-electron chi connectivity index (χ3n) is 4.09. The van der Waals surface area contributed by atoms with Crippen LogP contribution >= 0.6 is 0 Å². The van der Waals surface area contributed by atoms with Crippen LogP contribution in [-0.4, -0.2) is 35.7 Å². The largest absolute Gasteiger partial charge is 0.491 e. The highest BCUT2D eigenvalue weighted by Gasteiger charge is 2.15. The van der Waals surface area contributed by atoms with Crippen molar-refractivity contribution in [2.75, 3.05) is 25.0 Å². The molecule has 3 rings (SSSR count). The SMILES string of the molecule is Cc1ccccc1OCC(C)Nc1ncnc2c1CCNCC2. The molecule has 0 amide bonds. The van der Waals surface area contributed by atoms with Crippen molar-refractivity contribution >= 4 is 5.82 Å². The molecule has 5 heteroatoms. The van der Waals surface area contributed by atoms with Crippen LogP contribution in [0.15, 0.2) is 30.6 Å². The Bertz CT molecular complexity index is 659. The van der Waals surface area contributed by atoms with Crippen LogP contribution in [0.1, 0.15) is 23.7 Å². The number of benzene rings is 1. The van der Waals surface area contributed by atoms with Gasteiger partial charge in [0.15, 0.2) is 0 Å². The van der Waals surface area contributed by atoms with Crippen molar-refractivity contribution < 1.29 is 4.74 Å². The Hall–Kier alpha value is -2.14. The molecule has 1 aromatic carbocycles. The molecule has 122 valence electrons. The zero-order valence-corrected chi connectivity index (χ0v) is 13.8. The fraction of sp³-hybridized carbons (Fsp3) is 0.444. The summed E-state index contributed by atoms with van der Waals surface area (Å²) in [6, 6.07) is 8.26. The summed E-state index contributed by atoms with van der Waals surface area (Å²) in [5.74, 6) is 1.88. The third-order valence-corrected chi connectivity index (χ3v) is 4.09. The highest BCUT2D eigenvalue weighted by atomic mass is 16.5. The fourth-order valence-corrected chi connectivity index (χ4v) is 2.80. The Labute approximate surface area is 137 Å². The standard InChI is InChI=1S/C18H24N4O/c1-13-5-3-4-6-17(13)23-11-14(2)22-18-15-7-9-19-10-8-16(15)20-12-21-18/h3-6,12,14,19H,7-11H2,1-2H3,(H,20,21,22). The second-order valence-corrected chi connectivity index (χ2v) is 6.02. The predicted molar refractivity (Wildman–Crippen MR) is 92.1 cm³/mol. The molecule has 1 unspecified atom stereocenters. The lowest BCUT2D eigenvalue weighted by Crippen LogP contribution is -2.25. The van der Waals surface area contributed by atoms with Crippen LogP contribution < -0.4 is 15.4 Å². The zero-order valence-electron chi connectivity index (χ0n) is 13.8. The molecular weight excluding hydrogens is 288 g/mol. The van der Waals surface area contributed by atoms with E-state index in [1.165, 1.54) is 5.56 Å². The highest BCUT2D eigenvalue weighted by molar-refractivity contribution is 5.47. The van der Waals surface area contributed by atoms with Gasteiger partial charge >= 0.3 is 0 Å². The Morgan fingerprint density at radius 1 is 1.22 bits per heavy atom. The summed E-state index contributed by atoms with van der Waals surface area (Å²) in [5.41, 5.74) is 3.54. The fourth-order valence-electron chi connectivity index (χ4n) is 2.80. The van der Waals surface area contributed by atoms with Crippen LogP contribution in [0.2, 0.25) is 0 Å². The average molecular weight is 312 g/mol. The lowest BCUT2D eigenvalue weighted by molar-refractivity contribution is 0.301. The van der Waals surface area contributed by atoms with Crippen molar-refractivity contribution in [3.05, 3.63) is 47.4 Å². The molecule has 23 heavy (non-hydrogen) atoms. The zero-order chi connectivity index (χ0) is 16.1. The van der Waals surface area contributed by atoms with Crippen LogP contribution in [0.3, 0.4) is 0 Å². The molecule has 2 heterocycles. The lowest BCUT2D eigenvalue weighted by Gasteiger charge is -2.19. The summed E-state index contributed by atoms with van der Waals surface area (Å²) in [5, 5.41) is 6.89. The van der Waals surface area contributed by atoms with Crippen molar-refractivity contribution in [1.29, 1.82) is 0 Å². The number of rotatable bonds is 5. The van der Waals surface area contributed by atoms with Crippen LogP contribution in [-0.2, 0) is 12.8 Å². The normalized spacial score (nSPS) is 15.4. The van der Waals surface area contributed by atoms with Crippen molar-refractivity contribution in [2.45, 2.75) is 32.7 Å². The van der Waals surface area contributed by atoms with Gasteiger partial charge < -0.3 is 15.4 Å². The van der Waals surface area contributed by atoms with Crippen molar-refractivity contribution in [1.82, 2.24) is 15.3 Å². The molecule has 2 aromatic rings. The van der Waals surface area contributed by atoms with Crippen LogP contribution in [0.5, 0.6) is 5.75 Å². The van der Waals surface area contributed by atoms with Gasteiger partial charge in [0.2, 0.25) is 0 Å². The van der Waals surface area contributed by atoms with E-state index in [2.05, 4.69) is 40.5 Å². The van der Waals surface area contributed by atoms with Gasteiger partial charge in [0.1, 0.15) is 24.5 Å². The summed E-state index contributed by atoms with van der Waals surface area (Å²) >= 11 is 0. The first-order valence-corrected chi connectivity index (χ1v) is 8.22. The molecule has 0 saturated carbocycles. The van der Waals surface area contributed by atoms with E-state index in [0.29, 0.717) is 6.61 Å². The van der Waals surface area contributed by atoms with E-state index in [1.807, 2.05) is 18.2 Å². The van der Waals surface area contributed by atoms with Crippen LogP contribution in [0.4, 0.5) is 5.82 Å². The topological polar surface area (TPSA) is 59.1 Å². The molecule has 1 aliphatic heterocycles. The Morgan fingerprint density at radius 3 is 2.91 bits per heavy atom. The van der Waals surface area contributed by atoms with Gasteiger partial charge in [-0.3, -0.25) is 0 Å². The van der Waals surface area contributed by atoms with Crippen LogP contribution in [0.25, 0.3) is 0 Å². The first-order chi connectivity index (χ1) is 11.2. The number of aryl methyl sites for hydroxylation is 1. The molecule has 1 aliphatic rings. The molecule has 0 aliphatic carbocycles. The van der Waals surface area contributed by atoms with Gasteiger partial charge in [-0.25, -0.2) is 9.97 Å². The minimum atomic E-state index is 0.171. The molecule has 0 radical (unpaired) electrons. The van der Waals surface area contributed by atoms with E-state index >= 15 is 0 Å². The van der Waals surface area contributed by atoms with Crippen LogP contribution in [0, 0.1) is 6.92 Å². The van der Waals surface area contributed by atoms with E-state index in [0.717, 1.165) is 48.8 Å². The number of aromatic nitrogens is 2. The molecule has 0 bridgehead atoms. The van der Waals surface area contributed by atoms with E-state index in [-0.39, 0.29) is 6.04 Å². The summed E-state index contributed by atoms with van der Waals surface area (Å²) in [4.78, 5) is 8.87. The smallest absolute Gasteiger partial charge is 0.133 e. The third kappa shape index (κ3) is 3.99. The van der Waals surface area contributed by atoms with Gasteiger partial charge in [-0.15, -0.1) is 0 Å². The molecular formula is C18H24N4O. The molecule has 0 fully saturated rings. The number of ether oxygens (including phenoxy) is 1. The second kappa shape index (κ2) is 7.42. The maximum atomic E-state index is 5.92. The monoisotopic (exact) mass is 312 g/mol. The Morgan fingerprint density at radius 2 is 2.04 bits per heavy atom. The Kier molecular flexibility index (Phi) is 5.08. The molecule has 1 atom stereocenters. The second-order valence-electron chi connectivity index (χ2n) is 6.02. The average Bonchev–Trinajstić information content (AvgIpc) is 2.80. The predicted octanol–water partition coefficient (Wildman–Crippen LogP) is 2.35. The first-order valence-electron chi connectivity index (χ1n) is 8.22. The van der Waals surface area contributed by atoms with Gasteiger partial charge in [0.25, 0.3) is 0 Å². The molecule has 0 saturated heterocycles. The molecule has 0 spiro atoms. The van der Waals surface area contributed by atoms with Crippen molar-refractivity contribution in [3.8, 4) is 5.75 Å². The number of fused-ring (bicyclic) bond motifs is 1. The number of hydrogen-bond donors (Lipinski definition) is 2. The Balaban J connectivity index is 1.64. The number of para-hydroxylation sites is 1. The summed E-state index contributed by atoms with van der Waals surface area (Å²) in [6.45, 7) is 6.73. The maximum Gasteiger partial charge on any atom is 0.133 e. The molecule has 1 aromatic heterocycles. The van der Waals surface area contributed by atoms with Gasteiger partial charge in [-0.1, -0.05) is 18.2 Å². The van der Waals surface area contributed by atoms with Gasteiger partial charge in [-0.05, 0) is 38.4 Å². The number of anilines is 1. The summed E-state index contributed by atoms with van der Waals surface area (Å²) in [7, 11) is 0. The lowest BCUT2D eigenvalue weighted by atomic mass is 10.1. The van der Waals surface area contributed by atoms with Crippen molar-refractivity contribution in [2.24, 2.45) is 0 Å². The van der Waals surface area contributed by atoms with E-state index in [4.69, 9.17) is 4.74 Å². The minimum Gasteiger partial charge on any atom is -0.491 e. The van der Waals surface area contributed by atoms with E-state index in [1.54, 1.807) is 6.33 Å².